The van der Waals surface area contributed by atoms with Gasteiger partial charge in [0.05, 0.1) is 30.3 Å². The number of rotatable bonds is 3. The zero-order valence-corrected chi connectivity index (χ0v) is 19.4. The van der Waals surface area contributed by atoms with E-state index in [0.29, 0.717) is 29.9 Å². The maximum atomic E-state index is 13.5. The average Bonchev–Trinajstić information content (AvgIpc) is 3.60. The van der Waals surface area contributed by atoms with Gasteiger partial charge in [-0.05, 0) is 86.1 Å². The zero-order valence-electron chi connectivity index (χ0n) is 19.4. The normalized spacial score (nSPS) is 24.6. The summed E-state index contributed by atoms with van der Waals surface area (Å²) in [6, 6.07) is 13.4. The molecule has 6 rings (SSSR count). The summed E-state index contributed by atoms with van der Waals surface area (Å²) in [5.74, 6) is 5.97. The number of aliphatic hydroxyl groups is 1. The number of nitrogens with zero attached hydrogens (tertiary/aromatic N) is 2. The quantitative estimate of drug-likeness (QED) is 0.447. The molecule has 2 aromatic carbocycles. The topological polar surface area (TPSA) is 64.3 Å². The minimum absolute atomic E-state index is 0.283. The third kappa shape index (κ3) is 3.34. The zero-order chi connectivity index (χ0) is 24.2. The number of ether oxygens (including phenoxy) is 1. The van der Waals surface area contributed by atoms with Crippen molar-refractivity contribution >= 4 is 12.0 Å². The summed E-state index contributed by atoms with van der Waals surface area (Å²) in [5.41, 5.74) is 3.31. The van der Waals surface area contributed by atoms with Crippen LogP contribution in [0.2, 0.25) is 0 Å². The van der Waals surface area contributed by atoms with Crippen LogP contribution >= 0.6 is 0 Å². The summed E-state index contributed by atoms with van der Waals surface area (Å²) in [5, 5.41) is 16.7. The third-order valence-corrected chi connectivity index (χ3v) is 7.82. The van der Waals surface area contributed by atoms with Crippen LogP contribution in [0.4, 0.5) is 4.39 Å². The first kappa shape index (κ1) is 21.8. The molecule has 0 saturated heterocycles. The summed E-state index contributed by atoms with van der Waals surface area (Å²) in [7, 11) is 1.35. The van der Waals surface area contributed by atoms with Gasteiger partial charge in [0.1, 0.15) is 11.4 Å². The van der Waals surface area contributed by atoms with E-state index in [9.17, 15) is 14.3 Å². The second-order valence-electron chi connectivity index (χ2n) is 9.68. The Bertz CT molecular complexity index is 1420. The van der Waals surface area contributed by atoms with Crippen LogP contribution in [0.15, 0.2) is 60.3 Å². The predicted molar refractivity (Wildman–Crippen MR) is 129 cm³/mol. The minimum Gasteiger partial charge on any atom is -0.465 e. The fourth-order valence-electron chi connectivity index (χ4n) is 5.97. The highest BCUT2D eigenvalue weighted by atomic mass is 19.1. The first-order valence-electron chi connectivity index (χ1n) is 11.9. The lowest BCUT2D eigenvalue weighted by molar-refractivity contribution is -0.00859. The first-order valence-corrected chi connectivity index (χ1v) is 11.9. The lowest BCUT2D eigenvalue weighted by Crippen LogP contribution is -2.48. The van der Waals surface area contributed by atoms with Gasteiger partial charge in [-0.2, -0.15) is 5.10 Å². The highest BCUT2D eigenvalue weighted by molar-refractivity contribution is 5.92. The van der Waals surface area contributed by atoms with Crippen molar-refractivity contribution < 1.29 is 19.0 Å². The molecule has 176 valence electrons. The first-order chi connectivity index (χ1) is 16.9. The maximum Gasteiger partial charge on any atom is 0.339 e. The highest BCUT2D eigenvalue weighted by Crippen LogP contribution is 2.65. The second-order valence-corrected chi connectivity index (χ2v) is 9.68. The van der Waals surface area contributed by atoms with Crippen LogP contribution < -0.4 is 0 Å². The van der Waals surface area contributed by atoms with Gasteiger partial charge in [0.25, 0.3) is 0 Å². The third-order valence-electron chi connectivity index (χ3n) is 7.82. The summed E-state index contributed by atoms with van der Waals surface area (Å²) in [4.78, 5) is 12.2. The molecule has 0 radical (unpaired) electrons. The van der Waals surface area contributed by atoms with Crippen LogP contribution in [0.25, 0.3) is 11.8 Å². The van der Waals surface area contributed by atoms with Crippen molar-refractivity contribution in [3.63, 3.8) is 0 Å². The SMILES string of the molecule is COC(=O)c1ccccc1C#C[C@]1(O)CCC2=Cc3c(cnn3-c3ccc(F)cc3)CC21C1CC1. The molecule has 3 aliphatic carbocycles. The van der Waals surface area contributed by atoms with Gasteiger partial charge < -0.3 is 9.84 Å². The number of hydrogen-bond acceptors (Lipinski definition) is 4. The number of fused-ring (bicyclic) bond motifs is 2. The molecule has 1 heterocycles. The standard InChI is InChI=1S/C29H25FN2O3/c1-35-27(33)25-5-3-2-4-19(25)12-14-28(34)15-13-22-16-26-20(17-29(22,28)21-6-7-21)18-31-32(26)24-10-8-23(30)9-11-24/h2-5,8-11,16,18,21,34H,6-7,13,15,17H2,1H3/t28-,29?/m0/s1. The van der Waals surface area contributed by atoms with E-state index in [1.807, 2.05) is 16.9 Å². The highest BCUT2D eigenvalue weighted by Gasteiger charge is 2.64. The Morgan fingerprint density at radius 1 is 1.20 bits per heavy atom. The van der Waals surface area contributed by atoms with E-state index in [0.717, 1.165) is 36.2 Å². The fourth-order valence-corrected chi connectivity index (χ4v) is 5.97. The summed E-state index contributed by atoms with van der Waals surface area (Å²) < 4.78 is 20.2. The summed E-state index contributed by atoms with van der Waals surface area (Å²) in [6.07, 6.45) is 8.07. The van der Waals surface area contributed by atoms with Crippen LogP contribution in [0.5, 0.6) is 0 Å². The monoisotopic (exact) mass is 468 g/mol. The maximum absolute atomic E-state index is 13.5. The number of carbonyl (C=O) groups is 1. The summed E-state index contributed by atoms with van der Waals surface area (Å²) >= 11 is 0. The van der Waals surface area contributed by atoms with Gasteiger partial charge in [0.15, 0.2) is 0 Å². The van der Waals surface area contributed by atoms with E-state index in [1.165, 1.54) is 24.8 Å². The number of esters is 1. The Hall–Kier alpha value is -3.69. The Morgan fingerprint density at radius 2 is 1.97 bits per heavy atom. The molecule has 35 heavy (non-hydrogen) atoms. The average molecular weight is 469 g/mol. The molecule has 0 aliphatic heterocycles. The van der Waals surface area contributed by atoms with Crippen molar-refractivity contribution in [3.8, 4) is 17.5 Å². The van der Waals surface area contributed by atoms with Gasteiger partial charge in [0, 0.05) is 11.0 Å². The smallest absolute Gasteiger partial charge is 0.339 e. The number of halogens is 1. The molecular weight excluding hydrogens is 443 g/mol. The molecular formula is C29H25FN2O3. The number of hydrogen-bond donors (Lipinski definition) is 1. The lowest BCUT2D eigenvalue weighted by Gasteiger charge is -2.43. The summed E-state index contributed by atoms with van der Waals surface area (Å²) in [6.45, 7) is 0. The lowest BCUT2D eigenvalue weighted by atomic mass is 9.63. The molecule has 1 N–H and O–H groups in total. The molecule has 6 heteroatoms. The minimum atomic E-state index is -1.21. The molecule has 0 amide bonds. The predicted octanol–water partition coefficient (Wildman–Crippen LogP) is 4.71. The van der Waals surface area contributed by atoms with Gasteiger partial charge in [-0.25, -0.2) is 13.9 Å². The molecule has 2 atom stereocenters. The Morgan fingerprint density at radius 3 is 2.71 bits per heavy atom. The van der Waals surface area contributed by atoms with Crippen LogP contribution in [-0.4, -0.2) is 33.6 Å². The van der Waals surface area contributed by atoms with Gasteiger partial charge in [-0.1, -0.05) is 29.5 Å². The van der Waals surface area contributed by atoms with Crippen molar-refractivity contribution in [2.75, 3.05) is 7.11 Å². The van der Waals surface area contributed by atoms with E-state index in [4.69, 9.17) is 4.74 Å². The number of aromatic nitrogens is 2. The molecule has 2 saturated carbocycles. The molecule has 2 fully saturated rings. The van der Waals surface area contributed by atoms with Crippen molar-refractivity contribution in [3.05, 3.63) is 88.5 Å². The molecule has 3 aromatic rings. The molecule has 1 aromatic heterocycles. The number of methoxy groups -OCH3 is 1. The van der Waals surface area contributed by atoms with Crippen LogP contribution in [0, 0.1) is 29.0 Å². The van der Waals surface area contributed by atoms with E-state index in [1.54, 1.807) is 30.3 Å². The van der Waals surface area contributed by atoms with E-state index in [2.05, 4.69) is 23.0 Å². The van der Waals surface area contributed by atoms with Gasteiger partial charge >= 0.3 is 5.97 Å². The van der Waals surface area contributed by atoms with E-state index >= 15 is 0 Å². The Labute approximate surface area is 203 Å². The van der Waals surface area contributed by atoms with Crippen LogP contribution in [0.3, 0.4) is 0 Å². The number of carbonyl (C=O) groups excluding carboxylic acids is 1. The van der Waals surface area contributed by atoms with Crippen LogP contribution in [-0.2, 0) is 11.2 Å². The Balaban J connectivity index is 1.42. The van der Waals surface area contributed by atoms with Crippen LogP contribution in [0.1, 0.15) is 52.9 Å². The fraction of sp³-hybridized carbons (Fsp3) is 0.310. The van der Waals surface area contributed by atoms with E-state index in [-0.39, 0.29) is 5.82 Å². The Kier molecular flexibility index (Phi) is 4.94. The van der Waals surface area contributed by atoms with E-state index < -0.39 is 17.0 Å². The molecule has 5 nitrogen and oxygen atoms in total. The van der Waals surface area contributed by atoms with Crippen molar-refractivity contribution in [1.82, 2.24) is 9.78 Å². The largest absolute Gasteiger partial charge is 0.465 e. The van der Waals surface area contributed by atoms with Gasteiger partial charge in [0.2, 0.25) is 0 Å². The molecule has 0 spiro atoms. The van der Waals surface area contributed by atoms with Gasteiger partial charge in [-0.3, -0.25) is 0 Å². The number of benzene rings is 2. The van der Waals surface area contributed by atoms with Crippen molar-refractivity contribution in [2.24, 2.45) is 11.3 Å². The second kappa shape index (κ2) is 7.93. The van der Waals surface area contributed by atoms with Gasteiger partial charge in [-0.15, -0.1) is 0 Å². The van der Waals surface area contributed by atoms with Crippen molar-refractivity contribution in [1.29, 1.82) is 0 Å². The van der Waals surface area contributed by atoms with Crippen molar-refractivity contribution in [2.45, 2.75) is 37.7 Å². The molecule has 0 bridgehead atoms. The molecule has 3 aliphatic rings. The molecule has 1 unspecified atom stereocenters.